The highest BCUT2D eigenvalue weighted by Crippen LogP contribution is 2.34. The van der Waals surface area contributed by atoms with Crippen molar-refractivity contribution in [3.8, 4) is 0 Å². The lowest BCUT2D eigenvalue weighted by Crippen LogP contribution is -2.52. The number of carbonyl (C=O) groups is 1. The molecule has 1 amide bonds. The molecule has 0 aromatic carbocycles. The third-order valence-corrected chi connectivity index (χ3v) is 5.22. The Bertz CT molecular complexity index is 727. The van der Waals surface area contributed by atoms with Gasteiger partial charge in [0.25, 0.3) is 0 Å². The summed E-state index contributed by atoms with van der Waals surface area (Å²) in [5.41, 5.74) is 1.06. The third-order valence-electron chi connectivity index (χ3n) is 5.22. The number of ether oxygens (including phenoxy) is 1. The van der Waals surface area contributed by atoms with Crippen molar-refractivity contribution >= 4 is 11.7 Å². The standard InChI is InChI=1S/C19H23N5O2/c25-19(23-18-11-20-7-8-22-18)15-5-10-26-17-4-9-24(13-16(15)17)12-14-3-1-2-6-21-14/h1-3,6-8,11,15-17H,4-5,9-10,12-13H2,(H,22,23,25)/t15-,16-,17-/m1/s1. The molecule has 7 heteroatoms. The van der Waals surface area contributed by atoms with Gasteiger partial charge < -0.3 is 10.1 Å². The van der Waals surface area contributed by atoms with Gasteiger partial charge in [-0.05, 0) is 25.0 Å². The quantitative estimate of drug-likeness (QED) is 0.902. The van der Waals surface area contributed by atoms with E-state index in [1.807, 2.05) is 24.4 Å². The fourth-order valence-electron chi connectivity index (χ4n) is 3.96. The van der Waals surface area contributed by atoms with Gasteiger partial charge in [-0.2, -0.15) is 0 Å². The van der Waals surface area contributed by atoms with Gasteiger partial charge in [-0.1, -0.05) is 6.07 Å². The van der Waals surface area contributed by atoms with E-state index in [0.29, 0.717) is 12.4 Å². The van der Waals surface area contributed by atoms with E-state index in [2.05, 4.69) is 25.2 Å². The van der Waals surface area contributed by atoms with Gasteiger partial charge in [0.1, 0.15) is 0 Å². The Kier molecular flexibility index (Phi) is 5.17. The van der Waals surface area contributed by atoms with Gasteiger partial charge >= 0.3 is 0 Å². The highest BCUT2D eigenvalue weighted by Gasteiger charge is 2.41. The molecule has 2 aromatic heterocycles. The van der Waals surface area contributed by atoms with Gasteiger partial charge in [0, 0.05) is 56.7 Å². The Hall–Kier alpha value is -2.38. The molecule has 7 nitrogen and oxygen atoms in total. The Morgan fingerprint density at radius 3 is 3.00 bits per heavy atom. The van der Waals surface area contributed by atoms with Gasteiger partial charge in [0.15, 0.2) is 5.82 Å². The van der Waals surface area contributed by atoms with Crippen molar-refractivity contribution < 1.29 is 9.53 Å². The minimum atomic E-state index is -0.0673. The maximum Gasteiger partial charge on any atom is 0.229 e. The molecule has 2 aliphatic heterocycles. The number of nitrogens with zero attached hydrogens (tertiary/aromatic N) is 4. The number of carbonyl (C=O) groups excluding carboxylic acids is 1. The second kappa shape index (κ2) is 7.88. The van der Waals surface area contributed by atoms with Crippen LogP contribution >= 0.6 is 0 Å². The topological polar surface area (TPSA) is 80.2 Å². The second-order valence-electron chi connectivity index (χ2n) is 6.89. The first-order chi connectivity index (χ1) is 12.8. The molecular weight excluding hydrogens is 330 g/mol. The van der Waals surface area contributed by atoms with E-state index in [0.717, 1.165) is 38.2 Å². The summed E-state index contributed by atoms with van der Waals surface area (Å²) in [6.07, 6.45) is 8.42. The van der Waals surface area contributed by atoms with E-state index >= 15 is 0 Å². The number of nitrogens with one attached hydrogen (secondary N) is 1. The van der Waals surface area contributed by atoms with Crippen molar-refractivity contribution in [1.29, 1.82) is 0 Å². The highest BCUT2D eigenvalue weighted by atomic mass is 16.5. The fourth-order valence-corrected chi connectivity index (χ4v) is 3.96. The molecule has 1 N–H and O–H groups in total. The number of aromatic nitrogens is 3. The summed E-state index contributed by atoms with van der Waals surface area (Å²) >= 11 is 0. The Morgan fingerprint density at radius 1 is 1.23 bits per heavy atom. The first-order valence-electron chi connectivity index (χ1n) is 9.10. The smallest absolute Gasteiger partial charge is 0.229 e. The monoisotopic (exact) mass is 353 g/mol. The molecule has 136 valence electrons. The normalized spacial score (nSPS) is 26.1. The molecule has 2 saturated heterocycles. The molecule has 26 heavy (non-hydrogen) atoms. The molecule has 4 rings (SSSR count). The molecule has 0 aliphatic carbocycles. The van der Waals surface area contributed by atoms with Crippen molar-refractivity contribution in [2.75, 3.05) is 25.0 Å². The summed E-state index contributed by atoms with van der Waals surface area (Å²) in [7, 11) is 0. The Balaban J connectivity index is 1.43. The van der Waals surface area contributed by atoms with Crippen LogP contribution in [0.25, 0.3) is 0 Å². The largest absolute Gasteiger partial charge is 0.378 e. The lowest BCUT2D eigenvalue weighted by Gasteiger charge is -2.44. The summed E-state index contributed by atoms with van der Waals surface area (Å²) in [5, 5.41) is 2.91. The average Bonchev–Trinajstić information content (AvgIpc) is 2.69. The van der Waals surface area contributed by atoms with Gasteiger partial charge in [-0.3, -0.25) is 19.7 Å². The van der Waals surface area contributed by atoms with Crippen LogP contribution in [0.15, 0.2) is 43.0 Å². The fraction of sp³-hybridized carbons (Fsp3) is 0.474. The molecule has 2 fully saturated rings. The van der Waals surface area contributed by atoms with Crippen molar-refractivity contribution in [2.24, 2.45) is 11.8 Å². The van der Waals surface area contributed by atoms with Crippen molar-refractivity contribution in [1.82, 2.24) is 19.9 Å². The summed E-state index contributed by atoms with van der Waals surface area (Å²) in [6, 6.07) is 5.98. The molecule has 0 bridgehead atoms. The highest BCUT2D eigenvalue weighted by molar-refractivity contribution is 5.91. The SMILES string of the molecule is O=C(Nc1cnccn1)[C@@H]1CCO[C@@H]2CCN(Cc3ccccn3)C[C@@H]21. The van der Waals surface area contributed by atoms with Gasteiger partial charge in [0.2, 0.25) is 5.91 Å². The van der Waals surface area contributed by atoms with Crippen LogP contribution in [0.1, 0.15) is 18.5 Å². The van der Waals surface area contributed by atoms with Crippen LogP contribution in [-0.2, 0) is 16.1 Å². The lowest BCUT2D eigenvalue weighted by molar-refractivity contribution is -0.137. The zero-order valence-corrected chi connectivity index (χ0v) is 14.6. The number of hydrogen-bond donors (Lipinski definition) is 1. The first-order valence-corrected chi connectivity index (χ1v) is 9.10. The number of fused-ring (bicyclic) bond motifs is 1. The minimum absolute atomic E-state index is 0.0171. The van der Waals surface area contributed by atoms with E-state index in [9.17, 15) is 4.79 Å². The zero-order chi connectivity index (χ0) is 17.8. The summed E-state index contributed by atoms with van der Waals surface area (Å²) in [5.74, 6) is 0.644. The number of piperidine rings is 1. The summed E-state index contributed by atoms with van der Waals surface area (Å²) in [4.78, 5) is 27.8. The van der Waals surface area contributed by atoms with E-state index in [-0.39, 0.29) is 23.8 Å². The third kappa shape index (κ3) is 3.89. The van der Waals surface area contributed by atoms with Crippen LogP contribution in [-0.4, -0.2) is 51.6 Å². The predicted octanol–water partition coefficient (Wildman–Crippen LogP) is 1.74. The molecule has 2 aliphatic rings. The summed E-state index contributed by atoms with van der Waals surface area (Å²) < 4.78 is 5.96. The molecule has 2 aromatic rings. The second-order valence-corrected chi connectivity index (χ2v) is 6.89. The van der Waals surface area contributed by atoms with Crippen LogP contribution < -0.4 is 5.32 Å². The van der Waals surface area contributed by atoms with Crippen LogP contribution in [0.3, 0.4) is 0 Å². The molecule has 3 atom stereocenters. The first kappa shape index (κ1) is 17.1. The predicted molar refractivity (Wildman–Crippen MR) is 96.1 cm³/mol. The van der Waals surface area contributed by atoms with Gasteiger partial charge in [0.05, 0.1) is 18.0 Å². The number of hydrogen-bond acceptors (Lipinski definition) is 6. The van der Waals surface area contributed by atoms with Crippen molar-refractivity contribution in [2.45, 2.75) is 25.5 Å². The van der Waals surface area contributed by atoms with E-state index in [1.165, 1.54) is 0 Å². The van der Waals surface area contributed by atoms with Crippen LogP contribution in [0, 0.1) is 11.8 Å². The van der Waals surface area contributed by atoms with Crippen molar-refractivity contribution in [3.63, 3.8) is 0 Å². The number of rotatable bonds is 4. The number of likely N-dealkylation sites (tertiary alicyclic amines) is 1. The maximum atomic E-state index is 12.8. The van der Waals surface area contributed by atoms with Crippen LogP contribution in [0.2, 0.25) is 0 Å². The number of pyridine rings is 1. The number of anilines is 1. The van der Waals surface area contributed by atoms with Crippen LogP contribution in [0.5, 0.6) is 0 Å². The number of amides is 1. The molecule has 4 heterocycles. The average molecular weight is 353 g/mol. The zero-order valence-electron chi connectivity index (χ0n) is 14.6. The Labute approximate surface area is 152 Å². The van der Waals surface area contributed by atoms with Crippen LogP contribution in [0.4, 0.5) is 5.82 Å². The molecular formula is C19H23N5O2. The molecule has 0 unspecified atom stereocenters. The van der Waals surface area contributed by atoms with Crippen molar-refractivity contribution in [3.05, 3.63) is 48.7 Å². The van der Waals surface area contributed by atoms with E-state index < -0.39 is 0 Å². The maximum absolute atomic E-state index is 12.8. The van der Waals surface area contributed by atoms with Gasteiger partial charge in [-0.25, -0.2) is 4.98 Å². The molecule has 0 radical (unpaired) electrons. The van der Waals surface area contributed by atoms with E-state index in [1.54, 1.807) is 18.6 Å². The van der Waals surface area contributed by atoms with Gasteiger partial charge in [-0.15, -0.1) is 0 Å². The minimum Gasteiger partial charge on any atom is -0.378 e. The summed E-state index contributed by atoms with van der Waals surface area (Å²) in [6.45, 7) is 3.26. The molecule has 0 spiro atoms. The Morgan fingerprint density at radius 2 is 2.19 bits per heavy atom. The van der Waals surface area contributed by atoms with E-state index in [4.69, 9.17) is 4.74 Å². The lowest BCUT2D eigenvalue weighted by atomic mass is 9.79. The molecule has 0 saturated carbocycles.